The van der Waals surface area contributed by atoms with Gasteiger partial charge in [0.1, 0.15) is 11.4 Å². The molecule has 1 aromatic heterocycles. The van der Waals surface area contributed by atoms with Gasteiger partial charge in [-0.05, 0) is 37.3 Å². The van der Waals surface area contributed by atoms with E-state index in [1.165, 1.54) is 13.3 Å². The number of carbonyl (C=O) groups excluding carboxylic acids is 2. The fraction of sp³-hybridized carbons (Fsp3) is 0.0769. The van der Waals surface area contributed by atoms with Crippen molar-refractivity contribution in [2.24, 2.45) is 5.10 Å². The number of amides is 2. The van der Waals surface area contributed by atoms with Crippen LogP contribution in [0.1, 0.15) is 11.1 Å². The van der Waals surface area contributed by atoms with Crippen LogP contribution in [0.25, 0.3) is 16.9 Å². The summed E-state index contributed by atoms with van der Waals surface area (Å²) < 4.78 is 6.93. The number of nitrogens with zero attached hydrogens (tertiary/aromatic N) is 3. The van der Waals surface area contributed by atoms with Crippen molar-refractivity contribution in [3.8, 4) is 22.7 Å². The Kier molecular flexibility index (Phi) is 6.78. The van der Waals surface area contributed by atoms with E-state index in [1.807, 2.05) is 67.7 Å². The number of aromatic nitrogens is 2. The lowest BCUT2D eigenvalue weighted by atomic mass is 10.1. The number of aryl methyl sites for hydroxylation is 1. The molecular weight excluding hydrogens is 430 g/mol. The number of benzene rings is 3. The van der Waals surface area contributed by atoms with Gasteiger partial charge in [0, 0.05) is 17.3 Å². The average Bonchev–Trinajstić information content (AvgIpc) is 3.29. The molecule has 8 nitrogen and oxygen atoms in total. The molecule has 0 aliphatic rings. The predicted molar refractivity (Wildman–Crippen MR) is 131 cm³/mol. The standard InChI is InChI=1S/C26H23N5O3/c1-18-9-8-10-19(15-18)24-20(17-31(30-24)21-11-4-3-5-12-21)16-27-29-26(33)25(32)28-22-13-6-7-14-23(22)34-2/h3-17H,1-2H3,(H,28,32)(H,29,33)/b27-16+. The van der Waals surface area contributed by atoms with Crippen LogP contribution in [-0.4, -0.2) is 34.9 Å². The summed E-state index contributed by atoms with van der Waals surface area (Å²) >= 11 is 0. The first-order valence-electron chi connectivity index (χ1n) is 10.5. The van der Waals surface area contributed by atoms with Crippen molar-refractivity contribution in [3.05, 3.63) is 96.2 Å². The van der Waals surface area contributed by atoms with E-state index in [0.29, 0.717) is 22.7 Å². The first-order chi connectivity index (χ1) is 16.5. The SMILES string of the molecule is COc1ccccc1NC(=O)C(=O)N/N=C/c1cn(-c2ccccc2)nc1-c1cccc(C)c1. The second-order valence-corrected chi connectivity index (χ2v) is 7.44. The van der Waals surface area contributed by atoms with E-state index in [9.17, 15) is 9.59 Å². The first kappa shape index (κ1) is 22.5. The number of rotatable bonds is 6. The van der Waals surface area contributed by atoms with Gasteiger partial charge in [0.05, 0.1) is 24.7 Å². The van der Waals surface area contributed by atoms with Crippen molar-refractivity contribution in [3.63, 3.8) is 0 Å². The van der Waals surface area contributed by atoms with Crippen LogP contribution in [0.3, 0.4) is 0 Å². The molecule has 0 saturated carbocycles. The zero-order chi connectivity index (χ0) is 23.9. The van der Waals surface area contributed by atoms with Crippen LogP contribution in [0.15, 0.2) is 90.2 Å². The van der Waals surface area contributed by atoms with Gasteiger partial charge in [-0.15, -0.1) is 0 Å². The highest BCUT2D eigenvalue weighted by Crippen LogP contribution is 2.24. The van der Waals surface area contributed by atoms with Gasteiger partial charge in [0.15, 0.2) is 0 Å². The van der Waals surface area contributed by atoms with Gasteiger partial charge in [-0.25, -0.2) is 10.1 Å². The molecular formula is C26H23N5O3. The van der Waals surface area contributed by atoms with E-state index in [4.69, 9.17) is 9.84 Å². The molecule has 3 aromatic carbocycles. The number of hydrazone groups is 1. The number of ether oxygens (including phenoxy) is 1. The maximum atomic E-state index is 12.3. The van der Waals surface area contributed by atoms with Crippen LogP contribution in [-0.2, 0) is 9.59 Å². The molecule has 0 saturated heterocycles. The molecule has 8 heteroatoms. The molecule has 0 aliphatic carbocycles. The van der Waals surface area contributed by atoms with E-state index < -0.39 is 11.8 Å². The third-order valence-electron chi connectivity index (χ3n) is 4.99. The highest BCUT2D eigenvalue weighted by Gasteiger charge is 2.16. The van der Waals surface area contributed by atoms with Crippen molar-refractivity contribution in [1.82, 2.24) is 15.2 Å². The number of methoxy groups -OCH3 is 1. The lowest BCUT2D eigenvalue weighted by Gasteiger charge is -2.08. The minimum absolute atomic E-state index is 0.389. The third kappa shape index (κ3) is 5.18. The highest BCUT2D eigenvalue weighted by atomic mass is 16.5. The maximum absolute atomic E-state index is 12.3. The van der Waals surface area contributed by atoms with Gasteiger partial charge in [-0.1, -0.05) is 54.1 Å². The van der Waals surface area contributed by atoms with Crippen molar-refractivity contribution in [2.75, 3.05) is 12.4 Å². The molecule has 4 aromatic rings. The van der Waals surface area contributed by atoms with Gasteiger partial charge in [-0.3, -0.25) is 9.59 Å². The summed E-state index contributed by atoms with van der Waals surface area (Å²) in [6.07, 6.45) is 3.29. The summed E-state index contributed by atoms with van der Waals surface area (Å²) in [5, 5.41) is 11.2. The van der Waals surface area contributed by atoms with Crippen LogP contribution < -0.4 is 15.5 Å². The highest BCUT2D eigenvalue weighted by molar-refractivity contribution is 6.39. The zero-order valence-electron chi connectivity index (χ0n) is 18.7. The van der Waals surface area contributed by atoms with Gasteiger partial charge >= 0.3 is 11.8 Å². The molecule has 0 aliphatic heterocycles. The van der Waals surface area contributed by atoms with E-state index in [0.717, 1.165) is 16.8 Å². The molecule has 170 valence electrons. The molecule has 2 N–H and O–H groups in total. The zero-order valence-corrected chi connectivity index (χ0v) is 18.7. The Hall–Kier alpha value is -4.72. The van der Waals surface area contributed by atoms with Crippen LogP contribution in [0.5, 0.6) is 5.75 Å². The Bertz CT molecular complexity index is 1350. The monoisotopic (exact) mass is 453 g/mol. The second kappa shape index (κ2) is 10.3. The Morgan fingerprint density at radius 1 is 0.971 bits per heavy atom. The van der Waals surface area contributed by atoms with Gasteiger partial charge in [0.25, 0.3) is 0 Å². The summed E-state index contributed by atoms with van der Waals surface area (Å²) in [5.74, 6) is -1.32. The van der Waals surface area contributed by atoms with Crippen LogP contribution in [0, 0.1) is 6.92 Å². The summed E-state index contributed by atoms with van der Waals surface area (Å²) in [7, 11) is 1.48. The van der Waals surface area contributed by atoms with Gasteiger partial charge < -0.3 is 10.1 Å². The number of hydrogen-bond donors (Lipinski definition) is 2. The van der Waals surface area contributed by atoms with Crippen molar-refractivity contribution >= 4 is 23.7 Å². The van der Waals surface area contributed by atoms with E-state index >= 15 is 0 Å². The second-order valence-electron chi connectivity index (χ2n) is 7.44. The van der Waals surface area contributed by atoms with Crippen LogP contribution in [0.4, 0.5) is 5.69 Å². The first-order valence-corrected chi connectivity index (χ1v) is 10.5. The molecule has 1 heterocycles. The van der Waals surface area contributed by atoms with Crippen molar-refractivity contribution < 1.29 is 14.3 Å². The quantitative estimate of drug-likeness (QED) is 0.262. The minimum atomic E-state index is -0.908. The molecule has 2 amide bonds. The number of anilines is 1. The Morgan fingerprint density at radius 2 is 1.74 bits per heavy atom. The number of carbonyl (C=O) groups is 2. The normalized spacial score (nSPS) is 10.8. The fourth-order valence-electron chi connectivity index (χ4n) is 3.35. The number of para-hydroxylation sites is 3. The summed E-state index contributed by atoms with van der Waals surface area (Å²) in [6, 6.07) is 24.4. The van der Waals surface area contributed by atoms with E-state index in [1.54, 1.807) is 28.9 Å². The lowest BCUT2D eigenvalue weighted by Crippen LogP contribution is -2.32. The lowest BCUT2D eigenvalue weighted by molar-refractivity contribution is -0.136. The molecule has 0 atom stereocenters. The van der Waals surface area contributed by atoms with Crippen molar-refractivity contribution in [1.29, 1.82) is 0 Å². The van der Waals surface area contributed by atoms with Crippen LogP contribution in [0.2, 0.25) is 0 Å². The molecule has 34 heavy (non-hydrogen) atoms. The van der Waals surface area contributed by atoms with E-state index in [2.05, 4.69) is 15.8 Å². The fourth-order valence-corrected chi connectivity index (χ4v) is 3.35. The third-order valence-corrected chi connectivity index (χ3v) is 4.99. The Balaban J connectivity index is 1.54. The molecule has 0 bridgehead atoms. The largest absolute Gasteiger partial charge is 0.495 e. The minimum Gasteiger partial charge on any atom is -0.495 e. The molecule has 0 spiro atoms. The Morgan fingerprint density at radius 3 is 2.50 bits per heavy atom. The van der Waals surface area contributed by atoms with Gasteiger partial charge in [-0.2, -0.15) is 10.2 Å². The Labute approximate surface area is 196 Å². The number of nitrogens with one attached hydrogen (secondary N) is 2. The van der Waals surface area contributed by atoms with E-state index in [-0.39, 0.29) is 0 Å². The summed E-state index contributed by atoms with van der Waals surface area (Å²) in [4.78, 5) is 24.5. The maximum Gasteiger partial charge on any atom is 0.329 e. The van der Waals surface area contributed by atoms with Gasteiger partial charge in [0.2, 0.25) is 0 Å². The molecule has 4 rings (SSSR count). The molecule has 0 fully saturated rings. The molecule has 0 radical (unpaired) electrons. The molecule has 0 unspecified atom stereocenters. The average molecular weight is 454 g/mol. The topological polar surface area (TPSA) is 97.6 Å². The number of hydrogen-bond acceptors (Lipinski definition) is 5. The van der Waals surface area contributed by atoms with Crippen molar-refractivity contribution in [2.45, 2.75) is 6.92 Å². The summed E-state index contributed by atoms with van der Waals surface area (Å²) in [5.41, 5.74) is 6.93. The van der Waals surface area contributed by atoms with Crippen LogP contribution >= 0.6 is 0 Å². The predicted octanol–water partition coefficient (Wildman–Crippen LogP) is 3.95. The smallest absolute Gasteiger partial charge is 0.329 e. The summed E-state index contributed by atoms with van der Waals surface area (Å²) in [6.45, 7) is 2.01.